The molecule has 2 aliphatic rings. The number of rotatable bonds is 3. The molecule has 1 aliphatic carbocycles. The van der Waals surface area contributed by atoms with Gasteiger partial charge in [-0.25, -0.2) is 0 Å². The fourth-order valence-electron chi connectivity index (χ4n) is 3.92. The maximum atomic E-state index is 6.22. The summed E-state index contributed by atoms with van der Waals surface area (Å²) in [5.41, 5.74) is 8.46. The molecule has 0 aromatic heterocycles. The van der Waals surface area contributed by atoms with Crippen molar-refractivity contribution in [3.63, 3.8) is 0 Å². The summed E-state index contributed by atoms with van der Waals surface area (Å²) in [7, 11) is 0. The van der Waals surface area contributed by atoms with Crippen LogP contribution in [0.4, 0.5) is 5.69 Å². The number of hydrogen-bond acceptors (Lipinski definition) is 2. The van der Waals surface area contributed by atoms with E-state index in [0.717, 1.165) is 23.4 Å². The second-order valence-electron chi connectivity index (χ2n) is 5.91. The van der Waals surface area contributed by atoms with Crippen LogP contribution in [0, 0.1) is 5.92 Å². The Kier molecular flexibility index (Phi) is 3.99. The predicted molar refractivity (Wildman–Crippen MR) is 81.9 cm³/mol. The summed E-state index contributed by atoms with van der Waals surface area (Å²) in [4.78, 5) is 2.62. The van der Waals surface area contributed by atoms with Crippen molar-refractivity contribution in [3.8, 4) is 0 Å². The molecule has 1 aromatic rings. The van der Waals surface area contributed by atoms with Gasteiger partial charge < -0.3 is 10.6 Å². The summed E-state index contributed by atoms with van der Waals surface area (Å²) in [6, 6.07) is 7.03. The quantitative estimate of drug-likeness (QED) is 0.915. The van der Waals surface area contributed by atoms with E-state index in [2.05, 4.69) is 17.0 Å². The molecular formula is C16H23ClN2. The van der Waals surface area contributed by atoms with E-state index in [1.54, 1.807) is 0 Å². The summed E-state index contributed by atoms with van der Waals surface area (Å²) >= 11 is 6.22. The van der Waals surface area contributed by atoms with Crippen molar-refractivity contribution in [1.29, 1.82) is 0 Å². The minimum Gasteiger partial charge on any atom is -0.368 e. The third kappa shape index (κ3) is 2.61. The number of halogens is 1. The zero-order valence-corrected chi connectivity index (χ0v) is 12.2. The molecule has 3 heteroatoms. The molecule has 0 bridgehead atoms. The zero-order chi connectivity index (χ0) is 13.2. The first kappa shape index (κ1) is 13.3. The third-order valence-electron chi connectivity index (χ3n) is 4.76. The normalized spacial score (nSPS) is 26.5. The monoisotopic (exact) mass is 278 g/mol. The van der Waals surface area contributed by atoms with Crippen molar-refractivity contribution in [2.24, 2.45) is 11.7 Å². The van der Waals surface area contributed by atoms with Crippen LogP contribution in [0.15, 0.2) is 18.2 Å². The third-order valence-corrected chi connectivity index (χ3v) is 5.00. The molecule has 104 valence electrons. The van der Waals surface area contributed by atoms with E-state index in [1.165, 1.54) is 49.9 Å². The average molecular weight is 279 g/mol. The van der Waals surface area contributed by atoms with Gasteiger partial charge in [0.15, 0.2) is 0 Å². The van der Waals surface area contributed by atoms with Crippen LogP contribution in [-0.4, -0.2) is 19.1 Å². The highest BCUT2D eigenvalue weighted by atomic mass is 35.5. The molecule has 1 aromatic carbocycles. The van der Waals surface area contributed by atoms with Gasteiger partial charge in [0.2, 0.25) is 0 Å². The van der Waals surface area contributed by atoms with Crippen molar-refractivity contribution >= 4 is 17.3 Å². The Balaban J connectivity index is 1.93. The molecular weight excluding hydrogens is 256 g/mol. The topological polar surface area (TPSA) is 29.3 Å². The van der Waals surface area contributed by atoms with E-state index >= 15 is 0 Å². The van der Waals surface area contributed by atoms with Crippen LogP contribution in [0.1, 0.15) is 37.7 Å². The molecule has 2 unspecified atom stereocenters. The van der Waals surface area contributed by atoms with Gasteiger partial charge >= 0.3 is 0 Å². The second-order valence-corrected chi connectivity index (χ2v) is 6.34. The summed E-state index contributed by atoms with van der Waals surface area (Å²) in [6.45, 7) is 1.88. The van der Waals surface area contributed by atoms with Gasteiger partial charge in [0, 0.05) is 23.3 Å². The Bertz CT molecular complexity index is 446. The number of fused-ring (bicyclic) bond motifs is 1. The molecule has 2 nitrogen and oxygen atoms in total. The number of anilines is 1. The first-order chi connectivity index (χ1) is 9.29. The van der Waals surface area contributed by atoms with E-state index in [1.807, 2.05) is 6.07 Å². The Hall–Kier alpha value is -0.730. The highest BCUT2D eigenvalue weighted by Crippen LogP contribution is 2.40. The highest BCUT2D eigenvalue weighted by Gasteiger charge is 2.35. The molecule has 0 spiro atoms. The molecule has 1 aliphatic heterocycles. The van der Waals surface area contributed by atoms with Crippen LogP contribution in [-0.2, 0) is 6.42 Å². The molecule has 19 heavy (non-hydrogen) atoms. The number of nitrogens with two attached hydrogens (primary N) is 1. The Morgan fingerprint density at radius 1 is 1.21 bits per heavy atom. The number of benzene rings is 1. The number of nitrogens with zero attached hydrogens (tertiary/aromatic N) is 1. The minimum atomic E-state index is 0.705. The summed E-state index contributed by atoms with van der Waals surface area (Å²) in [5.74, 6) is 0.901. The summed E-state index contributed by atoms with van der Waals surface area (Å²) in [6.07, 6.45) is 7.82. The Labute approximate surface area is 120 Å². The van der Waals surface area contributed by atoms with Gasteiger partial charge in [-0.3, -0.25) is 0 Å². The lowest BCUT2D eigenvalue weighted by atomic mass is 9.90. The Morgan fingerprint density at radius 2 is 2.05 bits per heavy atom. The van der Waals surface area contributed by atoms with Crippen molar-refractivity contribution in [3.05, 3.63) is 28.8 Å². The van der Waals surface area contributed by atoms with E-state index in [9.17, 15) is 0 Å². The fourth-order valence-corrected chi connectivity index (χ4v) is 4.09. The minimum absolute atomic E-state index is 0.705. The average Bonchev–Trinajstić information content (AvgIpc) is 2.89. The van der Waals surface area contributed by atoms with Crippen LogP contribution < -0.4 is 10.6 Å². The summed E-state index contributed by atoms with van der Waals surface area (Å²) in [5, 5.41) is 0.843. The van der Waals surface area contributed by atoms with Crippen LogP contribution in [0.25, 0.3) is 0 Å². The van der Waals surface area contributed by atoms with Crippen molar-refractivity contribution in [2.75, 3.05) is 18.0 Å². The van der Waals surface area contributed by atoms with E-state index in [4.69, 9.17) is 17.3 Å². The van der Waals surface area contributed by atoms with Crippen LogP contribution >= 0.6 is 11.6 Å². The van der Waals surface area contributed by atoms with Crippen molar-refractivity contribution in [1.82, 2.24) is 0 Å². The maximum absolute atomic E-state index is 6.22. The van der Waals surface area contributed by atoms with E-state index in [-0.39, 0.29) is 0 Å². The lowest BCUT2D eigenvalue weighted by Crippen LogP contribution is -2.43. The lowest BCUT2D eigenvalue weighted by molar-refractivity contribution is 0.362. The van der Waals surface area contributed by atoms with E-state index in [0.29, 0.717) is 6.54 Å². The van der Waals surface area contributed by atoms with Gasteiger partial charge in [-0.05, 0) is 62.3 Å². The molecule has 2 atom stereocenters. The maximum Gasteiger partial charge on any atom is 0.0426 e. The van der Waals surface area contributed by atoms with Crippen LogP contribution in [0.2, 0.25) is 5.02 Å². The molecule has 2 fully saturated rings. The Morgan fingerprint density at radius 3 is 2.89 bits per heavy atom. The van der Waals surface area contributed by atoms with E-state index < -0.39 is 0 Å². The molecule has 2 N–H and O–H groups in total. The standard InChI is InChI=1S/C16H23ClN2/c17-14-7-6-13(8-9-18)16(11-14)19-10-2-4-12-3-1-5-15(12)19/h6-7,11-12,15H,1-5,8-10,18H2. The summed E-state index contributed by atoms with van der Waals surface area (Å²) < 4.78 is 0. The first-order valence-corrected chi connectivity index (χ1v) is 7.92. The number of hydrogen-bond donors (Lipinski definition) is 1. The van der Waals surface area contributed by atoms with Crippen LogP contribution in [0.3, 0.4) is 0 Å². The van der Waals surface area contributed by atoms with Gasteiger partial charge in [0.05, 0.1) is 0 Å². The van der Waals surface area contributed by atoms with Crippen molar-refractivity contribution < 1.29 is 0 Å². The fraction of sp³-hybridized carbons (Fsp3) is 0.625. The molecule has 1 heterocycles. The van der Waals surface area contributed by atoms with Gasteiger partial charge in [-0.15, -0.1) is 0 Å². The lowest BCUT2D eigenvalue weighted by Gasteiger charge is -2.40. The largest absolute Gasteiger partial charge is 0.368 e. The molecule has 0 radical (unpaired) electrons. The first-order valence-electron chi connectivity index (χ1n) is 7.54. The predicted octanol–water partition coefficient (Wildman–Crippen LogP) is 3.61. The molecule has 1 saturated heterocycles. The molecule has 0 amide bonds. The highest BCUT2D eigenvalue weighted by molar-refractivity contribution is 6.30. The van der Waals surface area contributed by atoms with Gasteiger partial charge in [0.25, 0.3) is 0 Å². The molecule has 3 rings (SSSR count). The van der Waals surface area contributed by atoms with Crippen molar-refractivity contribution in [2.45, 2.75) is 44.6 Å². The zero-order valence-electron chi connectivity index (χ0n) is 11.4. The SMILES string of the molecule is NCCc1ccc(Cl)cc1N1CCCC2CCCC21. The van der Waals surface area contributed by atoms with Crippen LogP contribution in [0.5, 0.6) is 0 Å². The number of piperidine rings is 1. The van der Waals surface area contributed by atoms with Gasteiger partial charge in [0.1, 0.15) is 0 Å². The van der Waals surface area contributed by atoms with Gasteiger partial charge in [-0.1, -0.05) is 24.1 Å². The van der Waals surface area contributed by atoms with Gasteiger partial charge in [-0.2, -0.15) is 0 Å². The second kappa shape index (κ2) is 5.72. The molecule has 1 saturated carbocycles. The smallest absolute Gasteiger partial charge is 0.0426 e.